The summed E-state index contributed by atoms with van der Waals surface area (Å²) in [6.07, 6.45) is 4.69. The van der Waals surface area contributed by atoms with Crippen molar-refractivity contribution in [3.63, 3.8) is 0 Å². The van der Waals surface area contributed by atoms with Gasteiger partial charge in [0.2, 0.25) is 0 Å². The highest BCUT2D eigenvalue weighted by Gasteiger charge is 2.26. The Labute approximate surface area is 113 Å². The molecule has 0 amide bonds. The fourth-order valence-electron chi connectivity index (χ4n) is 2.05. The lowest BCUT2D eigenvalue weighted by molar-refractivity contribution is 0.112. The molecular formula is C14H22N2OS. The van der Waals surface area contributed by atoms with Crippen LogP contribution in [0.1, 0.15) is 61.3 Å². The third kappa shape index (κ3) is 2.91. The van der Waals surface area contributed by atoms with E-state index in [0.717, 1.165) is 47.4 Å². The zero-order valence-electron chi connectivity index (χ0n) is 11.5. The number of carbonyl (C=O) groups excluding carboxylic acids is 1. The third-order valence-electron chi connectivity index (χ3n) is 3.68. The molecule has 0 aromatic carbocycles. The summed E-state index contributed by atoms with van der Waals surface area (Å²) in [5.41, 5.74) is 0.988. The first kappa shape index (κ1) is 13.5. The van der Waals surface area contributed by atoms with E-state index < -0.39 is 0 Å². The number of aromatic nitrogens is 1. The predicted molar refractivity (Wildman–Crippen MR) is 76.8 cm³/mol. The maximum Gasteiger partial charge on any atom is 0.186 e. The molecule has 0 N–H and O–H groups in total. The number of hydrogen-bond acceptors (Lipinski definition) is 4. The van der Waals surface area contributed by atoms with E-state index in [4.69, 9.17) is 4.98 Å². The predicted octanol–water partition coefficient (Wildman–Crippen LogP) is 3.71. The van der Waals surface area contributed by atoms with Gasteiger partial charge in [-0.25, -0.2) is 4.98 Å². The number of nitrogens with zero attached hydrogens (tertiary/aromatic N) is 2. The second-order valence-corrected chi connectivity index (χ2v) is 6.16. The topological polar surface area (TPSA) is 33.2 Å². The Morgan fingerprint density at radius 3 is 2.72 bits per heavy atom. The molecule has 1 aromatic heterocycles. The van der Waals surface area contributed by atoms with Crippen LogP contribution >= 0.6 is 11.3 Å². The fourth-order valence-corrected chi connectivity index (χ4v) is 3.13. The van der Waals surface area contributed by atoms with E-state index in [1.165, 1.54) is 12.8 Å². The van der Waals surface area contributed by atoms with Gasteiger partial charge in [-0.1, -0.05) is 25.2 Å². The number of aldehydes is 1. The standard InChI is InChI=1S/C14H22N2OS/c1-4-10(3)13-12(9-17)18-14(15-13)16(5-2)8-11-6-7-11/h9-11H,4-8H2,1-3H3. The Bertz CT molecular complexity index is 412. The Morgan fingerprint density at radius 1 is 1.50 bits per heavy atom. The quantitative estimate of drug-likeness (QED) is 0.705. The highest BCUT2D eigenvalue weighted by atomic mass is 32.1. The SMILES string of the molecule is CCC(C)c1nc(N(CC)CC2CC2)sc1C=O. The molecule has 1 unspecified atom stereocenters. The molecule has 1 aromatic rings. The van der Waals surface area contributed by atoms with Crippen LogP contribution in [0, 0.1) is 5.92 Å². The maximum absolute atomic E-state index is 11.2. The van der Waals surface area contributed by atoms with Crippen molar-refractivity contribution in [2.45, 2.75) is 46.0 Å². The molecule has 0 radical (unpaired) electrons. The highest BCUT2D eigenvalue weighted by molar-refractivity contribution is 7.17. The van der Waals surface area contributed by atoms with Crippen LogP contribution in [0.15, 0.2) is 0 Å². The van der Waals surface area contributed by atoms with Crippen LogP contribution in [-0.2, 0) is 0 Å². The molecule has 1 aliphatic carbocycles. The number of anilines is 1. The van der Waals surface area contributed by atoms with Gasteiger partial charge in [-0.2, -0.15) is 0 Å². The Kier molecular flexibility index (Phi) is 4.38. The summed E-state index contributed by atoms with van der Waals surface area (Å²) in [4.78, 5) is 19.0. The smallest absolute Gasteiger partial charge is 0.186 e. The summed E-state index contributed by atoms with van der Waals surface area (Å²) in [6, 6.07) is 0. The molecule has 1 heterocycles. The minimum absolute atomic E-state index is 0.370. The number of hydrogen-bond donors (Lipinski definition) is 0. The summed E-state index contributed by atoms with van der Waals surface area (Å²) < 4.78 is 0. The van der Waals surface area contributed by atoms with E-state index in [9.17, 15) is 4.79 Å². The Morgan fingerprint density at radius 2 is 2.22 bits per heavy atom. The minimum atomic E-state index is 0.370. The van der Waals surface area contributed by atoms with Gasteiger partial charge in [-0.3, -0.25) is 4.79 Å². The van der Waals surface area contributed by atoms with Gasteiger partial charge in [0.25, 0.3) is 0 Å². The van der Waals surface area contributed by atoms with Crippen LogP contribution in [0.2, 0.25) is 0 Å². The summed E-state index contributed by atoms with van der Waals surface area (Å²) in [5, 5.41) is 1.03. The van der Waals surface area contributed by atoms with Crippen LogP contribution in [0.5, 0.6) is 0 Å². The normalized spacial score (nSPS) is 16.6. The van der Waals surface area contributed by atoms with Gasteiger partial charge < -0.3 is 4.90 Å². The van der Waals surface area contributed by atoms with Gasteiger partial charge in [-0.15, -0.1) is 0 Å². The van der Waals surface area contributed by atoms with Crippen molar-refractivity contribution in [1.82, 2.24) is 4.98 Å². The van der Waals surface area contributed by atoms with Crippen molar-refractivity contribution in [2.75, 3.05) is 18.0 Å². The first-order valence-electron chi connectivity index (χ1n) is 6.90. The highest BCUT2D eigenvalue weighted by Crippen LogP contribution is 2.35. The average Bonchev–Trinajstić information content (AvgIpc) is 3.11. The van der Waals surface area contributed by atoms with Crippen molar-refractivity contribution in [3.05, 3.63) is 10.6 Å². The number of rotatable bonds is 7. The zero-order chi connectivity index (χ0) is 13.1. The fraction of sp³-hybridized carbons (Fsp3) is 0.714. The van der Waals surface area contributed by atoms with Crippen molar-refractivity contribution in [3.8, 4) is 0 Å². The number of carbonyl (C=O) groups is 1. The molecule has 4 heteroatoms. The molecule has 3 nitrogen and oxygen atoms in total. The van der Waals surface area contributed by atoms with E-state index in [-0.39, 0.29) is 0 Å². The molecule has 0 saturated heterocycles. The van der Waals surface area contributed by atoms with Gasteiger partial charge in [0.05, 0.1) is 10.6 Å². The lowest BCUT2D eigenvalue weighted by Crippen LogP contribution is -2.25. The van der Waals surface area contributed by atoms with E-state index in [1.807, 2.05) is 0 Å². The van der Waals surface area contributed by atoms with Crippen molar-refractivity contribution >= 4 is 22.8 Å². The van der Waals surface area contributed by atoms with E-state index in [1.54, 1.807) is 11.3 Å². The first-order chi connectivity index (χ1) is 8.69. The molecule has 18 heavy (non-hydrogen) atoms. The average molecular weight is 266 g/mol. The number of thiazole rings is 1. The summed E-state index contributed by atoms with van der Waals surface area (Å²) in [6.45, 7) is 8.51. The largest absolute Gasteiger partial charge is 0.348 e. The van der Waals surface area contributed by atoms with Gasteiger partial charge in [0.15, 0.2) is 11.4 Å². The Hall–Kier alpha value is -0.900. The second kappa shape index (κ2) is 5.83. The van der Waals surface area contributed by atoms with E-state index in [0.29, 0.717) is 5.92 Å². The lowest BCUT2D eigenvalue weighted by atomic mass is 10.0. The van der Waals surface area contributed by atoms with Gasteiger partial charge in [0, 0.05) is 13.1 Å². The monoisotopic (exact) mass is 266 g/mol. The van der Waals surface area contributed by atoms with Gasteiger partial charge in [0.1, 0.15) is 0 Å². The molecule has 1 saturated carbocycles. The van der Waals surface area contributed by atoms with Crippen molar-refractivity contribution < 1.29 is 4.79 Å². The van der Waals surface area contributed by atoms with Crippen molar-refractivity contribution in [1.29, 1.82) is 0 Å². The molecule has 100 valence electrons. The van der Waals surface area contributed by atoms with Crippen molar-refractivity contribution in [2.24, 2.45) is 5.92 Å². The molecule has 2 rings (SSSR count). The molecular weight excluding hydrogens is 244 g/mol. The molecule has 0 spiro atoms. The zero-order valence-corrected chi connectivity index (χ0v) is 12.3. The summed E-state index contributed by atoms with van der Waals surface area (Å²) in [7, 11) is 0. The third-order valence-corrected chi connectivity index (χ3v) is 4.74. The molecule has 1 atom stereocenters. The van der Waals surface area contributed by atoms with Gasteiger partial charge >= 0.3 is 0 Å². The van der Waals surface area contributed by atoms with Crippen LogP contribution in [0.3, 0.4) is 0 Å². The minimum Gasteiger partial charge on any atom is -0.348 e. The van der Waals surface area contributed by atoms with Crippen LogP contribution in [0.4, 0.5) is 5.13 Å². The summed E-state index contributed by atoms with van der Waals surface area (Å²) >= 11 is 1.55. The first-order valence-corrected chi connectivity index (χ1v) is 7.72. The lowest BCUT2D eigenvalue weighted by Gasteiger charge is -2.19. The second-order valence-electron chi connectivity index (χ2n) is 5.16. The molecule has 1 aliphatic rings. The maximum atomic E-state index is 11.2. The van der Waals surface area contributed by atoms with E-state index >= 15 is 0 Å². The molecule has 0 aliphatic heterocycles. The van der Waals surface area contributed by atoms with Crippen LogP contribution < -0.4 is 4.90 Å². The summed E-state index contributed by atoms with van der Waals surface area (Å²) in [5.74, 6) is 1.22. The molecule has 1 fully saturated rings. The van der Waals surface area contributed by atoms with Gasteiger partial charge in [-0.05, 0) is 38.0 Å². The van der Waals surface area contributed by atoms with E-state index in [2.05, 4.69) is 25.7 Å². The Balaban J connectivity index is 2.20. The van der Waals surface area contributed by atoms with Crippen LogP contribution in [0.25, 0.3) is 0 Å². The molecule has 0 bridgehead atoms. The van der Waals surface area contributed by atoms with Crippen LogP contribution in [-0.4, -0.2) is 24.4 Å².